The maximum Gasteiger partial charge on any atom is 0.251 e. The van der Waals surface area contributed by atoms with Gasteiger partial charge in [-0.25, -0.2) is 4.68 Å². The van der Waals surface area contributed by atoms with Crippen molar-refractivity contribution >= 4 is 5.91 Å². The van der Waals surface area contributed by atoms with Gasteiger partial charge >= 0.3 is 0 Å². The van der Waals surface area contributed by atoms with E-state index in [-0.39, 0.29) is 12.5 Å². The van der Waals surface area contributed by atoms with Gasteiger partial charge in [0.15, 0.2) is 0 Å². The van der Waals surface area contributed by atoms with E-state index in [0.29, 0.717) is 12.0 Å². The molecule has 0 fully saturated rings. The van der Waals surface area contributed by atoms with Gasteiger partial charge in [0.2, 0.25) is 0 Å². The molecule has 6 heteroatoms. The van der Waals surface area contributed by atoms with E-state index in [4.69, 9.17) is 5.11 Å². The van der Waals surface area contributed by atoms with Crippen LogP contribution in [-0.2, 0) is 0 Å². The summed E-state index contributed by atoms with van der Waals surface area (Å²) in [5.74, 6) is -0.141. The molecule has 1 heterocycles. The van der Waals surface area contributed by atoms with Gasteiger partial charge < -0.3 is 10.4 Å². The van der Waals surface area contributed by atoms with E-state index in [1.54, 1.807) is 29.2 Å². The number of amides is 1. The Bertz CT molecular complexity index is 580. The first-order valence-electron chi connectivity index (χ1n) is 6.98. The fraction of sp³-hybridized carbons (Fsp3) is 0.400. The van der Waals surface area contributed by atoms with Crippen LogP contribution in [0.4, 0.5) is 0 Å². The molecule has 1 atom stereocenters. The van der Waals surface area contributed by atoms with Crippen molar-refractivity contribution in [3.63, 3.8) is 0 Å². The number of nitrogens with zero attached hydrogens (tertiary/aromatic N) is 3. The van der Waals surface area contributed by atoms with Crippen LogP contribution in [0, 0.1) is 0 Å². The summed E-state index contributed by atoms with van der Waals surface area (Å²) in [5, 5.41) is 19.7. The third-order valence-electron chi connectivity index (χ3n) is 3.68. The monoisotopic (exact) mass is 288 g/mol. The lowest BCUT2D eigenvalue weighted by Crippen LogP contribution is -2.46. The van der Waals surface area contributed by atoms with Gasteiger partial charge in [0, 0.05) is 17.7 Å². The molecule has 0 radical (unpaired) electrons. The van der Waals surface area contributed by atoms with Crippen LogP contribution in [0.2, 0.25) is 0 Å². The van der Waals surface area contributed by atoms with Gasteiger partial charge in [0.1, 0.15) is 0 Å². The largest absolute Gasteiger partial charge is 0.396 e. The summed E-state index contributed by atoms with van der Waals surface area (Å²) in [6, 6.07) is 7.14. The molecule has 0 aliphatic carbocycles. The summed E-state index contributed by atoms with van der Waals surface area (Å²) >= 11 is 0. The number of carbonyl (C=O) groups is 1. The minimum atomic E-state index is -0.392. The standard InChI is InChI=1S/C15H20N4O2/c1-3-15(2,8-11-20)17-14(21)12-4-6-13(7-5-12)19-10-9-16-18-19/h4-7,9-10,20H,3,8,11H2,1-2H3,(H,17,21). The predicted octanol–water partition coefficient (Wildman–Crippen LogP) is 1.55. The Morgan fingerprint density at radius 3 is 2.62 bits per heavy atom. The average Bonchev–Trinajstić information content (AvgIpc) is 3.02. The van der Waals surface area contributed by atoms with E-state index < -0.39 is 5.54 Å². The lowest BCUT2D eigenvalue weighted by molar-refractivity contribution is 0.0886. The van der Waals surface area contributed by atoms with Crippen LogP contribution < -0.4 is 5.32 Å². The molecule has 0 aliphatic heterocycles. The molecule has 0 saturated carbocycles. The second-order valence-corrected chi connectivity index (χ2v) is 5.24. The van der Waals surface area contributed by atoms with E-state index in [9.17, 15) is 4.79 Å². The third kappa shape index (κ3) is 3.66. The van der Waals surface area contributed by atoms with Crippen LogP contribution in [0.3, 0.4) is 0 Å². The highest BCUT2D eigenvalue weighted by atomic mass is 16.3. The molecule has 6 nitrogen and oxygen atoms in total. The molecule has 2 N–H and O–H groups in total. The second-order valence-electron chi connectivity index (χ2n) is 5.24. The van der Waals surface area contributed by atoms with Crippen LogP contribution in [0.25, 0.3) is 5.69 Å². The molecule has 2 rings (SSSR count). The Kier molecular flexibility index (Phi) is 4.70. The molecule has 21 heavy (non-hydrogen) atoms. The topological polar surface area (TPSA) is 80.0 Å². The molecule has 0 aliphatic rings. The first kappa shape index (κ1) is 15.2. The minimum Gasteiger partial charge on any atom is -0.396 e. The van der Waals surface area contributed by atoms with Gasteiger partial charge in [-0.15, -0.1) is 5.10 Å². The van der Waals surface area contributed by atoms with Crippen LogP contribution >= 0.6 is 0 Å². The number of hydrogen-bond donors (Lipinski definition) is 2. The van der Waals surface area contributed by atoms with E-state index in [1.165, 1.54) is 0 Å². The molecular formula is C15H20N4O2. The summed E-state index contributed by atoms with van der Waals surface area (Å²) < 4.78 is 1.63. The molecule has 1 aromatic heterocycles. The van der Waals surface area contributed by atoms with Crippen LogP contribution in [0.1, 0.15) is 37.0 Å². The summed E-state index contributed by atoms with van der Waals surface area (Å²) in [6.07, 6.45) is 4.63. The fourth-order valence-corrected chi connectivity index (χ4v) is 2.03. The van der Waals surface area contributed by atoms with Crippen molar-refractivity contribution in [2.75, 3.05) is 6.61 Å². The van der Waals surface area contributed by atoms with Crippen LogP contribution in [-0.4, -0.2) is 38.2 Å². The van der Waals surface area contributed by atoms with Gasteiger partial charge in [-0.3, -0.25) is 4.79 Å². The van der Waals surface area contributed by atoms with E-state index in [2.05, 4.69) is 15.6 Å². The minimum absolute atomic E-state index is 0.0514. The Balaban J connectivity index is 2.10. The summed E-state index contributed by atoms with van der Waals surface area (Å²) in [4.78, 5) is 12.3. The van der Waals surface area contributed by atoms with Crippen molar-refractivity contribution in [1.29, 1.82) is 0 Å². The van der Waals surface area contributed by atoms with Gasteiger partial charge in [-0.1, -0.05) is 12.1 Å². The summed E-state index contributed by atoms with van der Waals surface area (Å²) in [7, 11) is 0. The van der Waals surface area contributed by atoms with Gasteiger partial charge in [0.25, 0.3) is 5.91 Å². The quantitative estimate of drug-likeness (QED) is 0.845. The number of carbonyl (C=O) groups excluding carboxylic acids is 1. The van der Waals surface area contributed by atoms with E-state index in [1.807, 2.05) is 26.0 Å². The highest BCUT2D eigenvalue weighted by Gasteiger charge is 2.24. The Morgan fingerprint density at radius 2 is 2.10 bits per heavy atom. The molecule has 1 amide bonds. The molecule has 2 aromatic rings. The molecule has 1 aromatic carbocycles. The first-order chi connectivity index (χ1) is 10.1. The summed E-state index contributed by atoms with van der Waals surface area (Å²) in [6.45, 7) is 3.98. The smallest absolute Gasteiger partial charge is 0.251 e. The first-order valence-corrected chi connectivity index (χ1v) is 6.98. The normalized spacial score (nSPS) is 13.7. The molecule has 0 bridgehead atoms. The maximum absolute atomic E-state index is 12.3. The van der Waals surface area contributed by atoms with Crippen molar-refractivity contribution in [3.8, 4) is 5.69 Å². The number of hydrogen-bond acceptors (Lipinski definition) is 4. The van der Waals surface area contributed by atoms with Crippen LogP contribution in [0.5, 0.6) is 0 Å². The van der Waals surface area contributed by atoms with Gasteiger partial charge in [0.05, 0.1) is 18.1 Å². The zero-order chi connectivity index (χ0) is 15.3. The zero-order valence-corrected chi connectivity index (χ0v) is 12.3. The Morgan fingerprint density at radius 1 is 1.38 bits per heavy atom. The van der Waals surface area contributed by atoms with Gasteiger partial charge in [-0.05, 0) is 44.0 Å². The van der Waals surface area contributed by atoms with E-state index in [0.717, 1.165) is 12.1 Å². The fourth-order valence-electron chi connectivity index (χ4n) is 2.03. The highest BCUT2D eigenvalue weighted by molar-refractivity contribution is 5.94. The van der Waals surface area contributed by atoms with Crippen molar-refractivity contribution in [1.82, 2.24) is 20.3 Å². The SMILES string of the molecule is CCC(C)(CCO)NC(=O)c1ccc(-n2ccnn2)cc1. The molecular weight excluding hydrogens is 268 g/mol. The van der Waals surface area contributed by atoms with Crippen molar-refractivity contribution < 1.29 is 9.90 Å². The second kappa shape index (κ2) is 6.49. The predicted molar refractivity (Wildman–Crippen MR) is 79.2 cm³/mol. The van der Waals surface area contributed by atoms with Gasteiger partial charge in [-0.2, -0.15) is 0 Å². The van der Waals surface area contributed by atoms with Crippen LogP contribution in [0.15, 0.2) is 36.7 Å². The number of aliphatic hydroxyl groups excluding tert-OH is 1. The molecule has 0 saturated heterocycles. The van der Waals surface area contributed by atoms with E-state index >= 15 is 0 Å². The number of aliphatic hydroxyl groups is 1. The number of rotatable bonds is 6. The lowest BCUT2D eigenvalue weighted by atomic mass is 9.94. The molecule has 0 spiro atoms. The number of benzene rings is 1. The van der Waals surface area contributed by atoms with Crippen molar-refractivity contribution in [3.05, 3.63) is 42.2 Å². The molecule has 112 valence electrons. The summed E-state index contributed by atoms with van der Waals surface area (Å²) in [5.41, 5.74) is 1.03. The number of nitrogens with one attached hydrogen (secondary N) is 1. The Labute approximate surface area is 123 Å². The Hall–Kier alpha value is -2.21. The van der Waals surface area contributed by atoms with Crippen molar-refractivity contribution in [2.45, 2.75) is 32.2 Å². The third-order valence-corrected chi connectivity index (χ3v) is 3.68. The molecule has 1 unspecified atom stereocenters. The highest BCUT2D eigenvalue weighted by Crippen LogP contribution is 2.15. The average molecular weight is 288 g/mol. The number of aromatic nitrogens is 3. The lowest BCUT2D eigenvalue weighted by Gasteiger charge is -2.29. The maximum atomic E-state index is 12.3. The van der Waals surface area contributed by atoms with Crippen molar-refractivity contribution in [2.24, 2.45) is 0 Å². The zero-order valence-electron chi connectivity index (χ0n) is 12.3.